The average Bonchev–Trinajstić information content (AvgIpc) is 3.58. The molecule has 6 nitrogen and oxygen atoms in total. The molecule has 2 N–H and O–H groups in total. The number of carboxylic acid groups (broad SMARTS) is 1. The van der Waals surface area contributed by atoms with Crippen molar-refractivity contribution in [1.29, 1.82) is 0 Å². The van der Waals surface area contributed by atoms with Crippen LogP contribution < -0.4 is 4.74 Å². The highest BCUT2D eigenvalue weighted by molar-refractivity contribution is 8.14. The summed E-state index contributed by atoms with van der Waals surface area (Å²) in [6.07, 6.45) is 3.29. The van der Waals surface area contributed by atoms with Gasteiger partial charge in [0, 0.05) is 30.2 Å². The molecule has 2 aliphatic heterocycles. The summed E-state index contributed by atoms with van der Waals surface area (Å²) < 4.78 is 6.00. The zero-order valence-corrected chi connectivity index (χ0v) is 20.5. The second kappa shape index (κ2) is 9.74. The molecule has 1 aromatic heterocycles. The molecule has 0 radical (unpaired) electrons. The Balaban J connectivity index is 1.30. The van der Waals surface area contributed by atoms with Gasteiger partial charge < -0.3 is 19.7 Å². The number of carboxylic acids is 1. The van der Waals surface area contributed by atoms with Gasteiger partial charge in [-0.1, -0.05) is 54.2 Å². The third-order valence-electron chi connectivity index (χ3n) is 7.02. The Morgan fingerprint density at radius 3 is 2.44 bits per heavy atom. The number of aromatic nitrogens is 1. The fraction of sp³-hybridized carbons (Fsp3) is 0.241. The first kappa shape index (κ1) is 22.7. The van der Waals surface area contributed by atoms with Gasteiger partial charge in [0.1, 0.15) is 11.5 Å². The van der Waals surface area contributed by atoms with Crippen LogP contribution in [-0.2, 0) is 4.79 Å². The van der Waals surface area contributed by atoms with Crippen LogP contribution in [0.25, 0.3) is 10.9 Å². The third-order valence-corrected chi connectivity index (χ3v) is 8.36. The molecule has 182 valence electrons. The molecular weight excluding hydrogens is 470 g/mol. The van der Waals surface area contributed by atoms with Crippen molar-refractivity contribution in [3.8, 4) is 11.5 Å². The molecular formula is C29H27N3O3S. The van der Waals surface area contributed by atoms with Crippen molar-refractivity contribution in [2.24, 2.45) is 10.9 Å². The number of ether oxygens (including phenoxy) is 1. The first-order chi connectivity index (χ1) is 17.7. The molecule has 0 amide bonds. The smallest absolute Gasteiger partial charge is 0.306 e. The zero-order valence-electron chi connectivity index (χ0n) is 19.7. The third kappa shape index (κ3) is 4.46. The maximum Gasteiger partial charge on any atom is 0.306 e. The number of nitrogens with zero attached hydrogens (tertiary/aromatic N) is 2. The predicted molar refractivity (Wildman–Crippen MR) is 144 cm³/mol. The van der Waals surface area contributed by atoms with Gasteiger partial charge in [-0.2, -0.15) is 0 Å². The fourth-order valence-corrected chi connectivity index (χ4v) is 6.48. The van der Waals surface area contributed by atoms with Crippen LogP contribution in [0.5, 0.6) is 11.5 Å². The van der Waals surface area contributed by atoms with Crippen LogP contribution >= 0.6 is 11.8 Å². The van der Waals surface area contributed by atoms with Gasteiger partial charge in [0.05, 0.1) is 17.2 Å². The molecule has 0 bridgehead atoms. The number of rotatable bonds is 5. The molecule has 0 spiro atoms. The molecule has 2 aliphatic rings. The van der Waals surface area contributed by atoms with Gasteiger partial charge in [0.15, 0.2) is 5.17 Å². The van der Waals surface area contributed by atoms with Crippen molar-refractivity contribution in [2.45, 2.75) is 24.1 Å². The Morgan fingerprint density at radius 1 is 0.944 bits per heavy atom. The van der Waals surface area contributed by atoms with Gasteiger partial charge in [-0.15, -0.1) is 0 Å². The number of hydrogen-bond donors (Lipinski definition) is 2. The van der Waals surface area contributed by atoms with E-state index in [0.717, 1.165) is 40.8 Å². The van der Waals surface area contributed by atoms with Crippen LogP contribution in [0.3, 0.4) is 0 Å². The van der Waals surface area contributed by atoms with Gasteiger partial charge in [-0.05, 0) is 60.4 Å². The van der Waals surface area contributed by atoms with E-state index in [1.807, 2.05) is 48.7 Å². The van der Waals surface area contributed by atoms with E-state index >= 15 is 0 Å². The summed E-state index contributed by atoms with van der Waals surface area (Å²) >= 11 is 1.79. The molecule has 2 unspecified atom stereocenters. The maximum absolute atomic E-state index is 11.4. The minimum Gasteiger partial charge on any atom is -0.481 e. The number of para-hydroxylation sites is 1. The average molecular weight is 498 g/mol. The van der Waals surface area contributed by atoms with Crippen molar-refractivity contribution >= 4 is 33.8 Å². The lowest BCUT2D eigenvalue weighted by Gasteiger charge is -2.31. The van der Waals surface area contributed by atoms with E-state index in [9.17, 15) is 9.90 Å². The second-order valence-corrected chi connectivity index (χ2v) is 10.4. The molecule has 4 aromatic rings. The summed E-state index contributed by atoms with van der Waals surface area (Å²) in [4.78, 5) is 22.2. The van der Waals surface area contributed by atoms with E-state index in [1.165, 1.54) is 10.9 Å². The largest absolute Gasteiger partial charge is 0.481 e. The number of piperidine rings is 1. The SMILES string of the molecule is O=C(O)C1CCN(C2=NC(c3ccc(Oc4ccccc4)cc3)C(c3cccc4[nH]ccc34)S2)CC1. The number of hydrogen-bond acceptors (Lipinski definition) is 5. The highest BCUT2D eigenvalue weighted by Crippen LogP contribution is 2.51. The van der Waals surface area contributed by atoms with Gasteiger partial charge in [0.25, 0.3) is 0 Å². The molecule has 3 aromatic carbocycles. The van der Waals surface area contributed by atoms with Crippen LogP contribution in [0.15, 0.2) is 90.1 Å². The molecule has 2 atom stereocenters. The maximum atomic E-state index is 11.4. The normalized spacial score (nSPS) is 20.4. The summed E-state index contributed by atoms with van der Waals surface area (Å²) in [5.41, 5.74) is 3.51. The minimum absolute atomic E-state index is 0.0477. The summed E-state index contributed by atoms with van der Waals surface area (Å²) in [5.74, 6) is 0.651. The molecule has 6 rings (SSSR count). The quantitative estimate of drug-likeness (QED) is 0.323. The Bertz CT molecular complexity index is 1390. The highest BCUT2D eigenvalue weighted by Gasteiger charge is 2.37. The minimum atomic E-state index is -0.691. The van der Waals surface area contributed by atoms with Gasteiger partial charge in [0.2, 0.25) is 0 Å². The first-order valence-electron chi connectivity index (χ1n) is 12.3. The van der Waals surface area contributed by atoms with E-state index in [-0.39, 0.29) is 17.2 Å². The van der Waals surface area contributed by atoms with E-state index in [0.29, 0.717) is 12.8 Å². The molecule has 7 heteroatoms. The number of aliphatic carboxylic acids is 1. The fourth-order valence-electron chi connectivity index (χ4n) is 5.07. The van der Waals surface area contributed by atoms with E-state index in [2.05, 4.69) is 46.3 Å². The lowest BCUT2D eigenvalue weighted by molar-refractivity contribution is -0.143. The van der Waals surface area contributed by atoms with Crippen molar-refractivity contribution in [2.75, 3.05) is 13.1 Å². The summed E-state index contributed by atoms with van der Waals surface area (Å²) in [5, 5.41) is 11.7. The number of benzene rings is 3. The second-order valence-electron chi connectivity index (χ2n) is 9.26. The molecule has 0 aliphatic carbocycles. The summed E-state index contributed by atoms with van der Waals surface area (Å²) in [6, 6.07) is 26.5. The summed E-state index contributed by atoms with van der Waals surface area (Å²) in [6.45, 7) is 1.45. The number of nitrogens with one attached hydrogen (secondary N) is 1. The Labute approximate surface area is 214 Å². The van der Waals surface area contributed by atoms with E-state index < -0.39 is 5.97 Å². The first-order valence-corrected chi connectivity index (χ1v) is 13.1. The number of thioether (sulfide) groups is 1. The molecule has 1 fully saturated rings. The number of amidine groups is 1. The van der Waals surface area contributed by atoms with Crippen molar-refractivity contribution < 1.29 is 14.6 Å². The lowest BCUT2D eigenvalue weighted by atomic mass is 9.96. The number of carbonyl (C=O) groups is 1. The van der Waals surface area contributed by atoms with Crippen LogP contribution in [0.2, 0.25) is 0 Å². The lowest BCUT2D eigenvalue weighted by Crippen LogP contribution is -2.38. The standard InChI is InChI=1S/C29H27N3O3S/c33-28(34)20-14-17-32(18-15-20)29-31-26(27(36-29)24-7-4-8-25-23(24)13-16-30-25)19-9-11-22(12-10-19)35-21-5-2-1-3-6-21/h1-13,16,20,26-27,30H,14-15,17-18H2,(H,33,34). The molecule has 36 heavy (non-hydrogen) atoms. The molecule has 0 saturated carbocycles. The number of aromatic amines is 1. The highest BCUT2D eigenvalue weighted by atomic mass is 32.2. The monoisotopic (exact) mass is 497 g/mol. The van der Waals surface area contributed by atoms with Crippen molar-refractivity contribution in [3.05, 3.63) is 96.2 Å². The van der Waals surface area contributed by atoms with Gasteiger partial charge >= 0.3 is 5.97 Å². The topological polar surface area (TPSA) is 77.9 Å². The van der Waals surface area contributed by atoms with Crippen LogP contribution in [0.4, 0.5) is 0 Å². The zero-order chi connectivity index (χ0) is 24.5. The van der Waals surface area contributed by atoms with E-state index in [4.69, 9.17) is 9.73 Å². The number of aliphatic imine (C=N–C) groups is 1. The number of fused-ring (bicyclic) bond motifs is 1. The van der Waals surface area contributed by atoms with Crippen LogP contribution in [0, 0.1) is 5.92 Å². The number of likely N-dealkylation sites (tertiary alicyclic amines) is 1. The Hall–Kier alpha value is -3.71. The van der Waals surface area contributed by atoms with E-state index in [1.54, 1.807) is 11.8 Å². The molecule has 1 saturated heterocycles. The van der Waals surface area contributed by atoms with Crippen molar-refractivity contribution in [3.63, 3.8) is 0 Å². The predicted octanol–water partition coefficient (Wildman–Crippen LogP) is 6.64. The van der Waals surface area contributed by atoms with Gasteiger partial charge in [-0.25, -0.2) is 0 Å². The Kier molecular flexibility index (Phi) is 6.15. The summed E-state index contributed by atoms with van der Waals surface area (Å²) in [7, 11) is 0. The van der Waals surface area contributed by atoms with Crippen LogP contribution in [-0.4, -0.2) is 39.2 Å². The molecule has 3 heterocycles. The van der Waals surface area contributed by atoms with Crippen LogP contribution in [0.1, 0.15) is 35.3 Å². The number of H-pyrrole nitrogens is 1. The van der Waals surface area contributed by atoms with Gasteiger partial charge in [-0.3, -0.25) is 9.79 Å². The Morgan fingerprint density at radius 2 is 1.69 bits per heavy atom. The van der Waals surface area contributed by atoms with Crippen molar-refractivity contribution in [1.82, 2.24) is 9.88 Å².